The van der Waals surface area contributed by atoms with Gasteiger partial charge >= 0.3 is 0 Å². The number of nitro groups is 1. The van der Waals surface area contributed by atoms with Crippen LogP contribution in [0.5, 0.6) is 11.5 Å². The van der Waals surface area contributed by atoms with Gasteiger partial charge in [-0.2, -0.15) is 0 Å². The fraction of sp³-hybridized carbons (Fsp3) is 0.0667. The van der Waals surface area contributed by atoms with Crippen molar-refractivity contribution >= 4 is 6.08 Å². The van der Waals surface area contributed by atoms with Crippen LogP contribution in [0.4, 0.5) is 0 Å². The molecule has 0 saturated carbocycles. The van der Waals surface area contributed by atoms with Crippen LogP contribution in [0.2, 0.25) is 0 Å². The first-order valence-electron chi connectivity index (χ1n) is 5.97. The van der Waals surface area contributed by atoms with E-state index >= 15 is 0 Å². The normalized spacial score (nSPS) is 11.3. The van der Waals surface area contributed by atoms with Gasteiger partial charge in [-0.15, -0.1) is 0 Å². The van der Waals surface area contributed by atoms with Gasteiger partial charge in [-0.25, -0.2) is 0 Å². The number of hydrogen-bond acceptors (Lipinski definition) is 4. The molecule has 0 radical (unpaired) electrons. The fourth-order valence-corrected chi connectivity index (χ4v) is 1.80. The summed E-state index contributed by atoms with van der Waals surface area (Å²) in [6, 6.07) is 13.2. The number of phenolic OH excluding ortho intramolecular Hbond substituents is 2. The third kappa shape index (κ3) is 3.35. The summed E-state index contributed by atoms with van der Waals surface area (Å²) < 4.78 is 0. The number of phenols is 2. The molecule has 2 rings (SSSR count). The average Bonchev–Trinajstić information content (AvgIpc) is 2.43. The topological polar surface area (TPSA) is 83.6 Å². The van der Waals surface area contributed by atoms with Gasteiger partial charge in [0.25, 0.3) is 5.70 Å². The molecule has 0 amide bonds. The number of benzene rings is 2. The van der Waals surface area contributed by atoms with Crippen molar-refractivity contribution in [2.24, 2.45) is 0 Å². The van der Waals surface area contributed by atoms with Crippen LogP contribution in [0.15, 0.2) is 54.2 Å². The number of allylic oxidation sites excluding steroid dienone is 1. The molecule has 5 heteroatoms. The van der Waals surface area contributed by atoms with Crippen molar-refractivity contribution in [3.63, 3.8) is 0 Å². The molecule has 0 aliphatic carbocycles. The van der Waals surface area contributed by atoms with Crippen molar-refractivity contribution in [1.29, 1.82) is 0 Å². The first kappa shape index (κ1) is 13.6. The third-order valence-electron chi connectivity index (χ3n) is 2.80. The molecule has 2 aromatic rings. The van der Waals surface area contributed by atoms with Gasteiger partial charge in [-0.3, -0.25) is 10.1 Å². The standard InChI is InChI=1S/C15H13NO4/c17-14-7-6-12(10-15(14)18)9-13(16(19)20)8-11-4-2-1-3-5-11/h1-7,9-10,17-18H,8H2. The van der Waals surface area contributed by atoms with E-state index in [4.69, 9.17) is 0 Å². The predicted molar refractivity (Wildman–Crippen MR) is 74.9 cm³/mol. The lowest BCUT2D eigenvalue weighted by molar-refractivity contribution is -0.425. The highest BCUT2D eigenvalue weighted by Gasteiger charge is 2.12. The number of aromatic hydroxyl groups is 2. The lowest BCUT2D eigenvalue weighted by Crippen LogP contribution is -2.02. The summed E-state index contributed by atoms with van der Waals surface area (Å²) in [5, 5.41) is 29.7. The Morgan fingerprint density at radius 3 is 2.40 bits per heavy atom. The van der Waals surface area contributed by atoms with Gasteiger partial charge in [0.1, 0.15) is 0 Å². The minimum absolute atomic E-state index is 0.0151. The second-order valence-corrected chi connectivity index (χ2v) is 4.30. The van der Waals surface area contributed by atoms with Crippen molar-refractivity contribution in [1.82, 2.24) is 0 Å². The highest BCUT2D eigenvalue weighted by atomic mass is 16.6. The van der Waals surface area contributed by atoms with Gasteiger partial charge in [0.2, 0.25) is 0 Å². The third-order valence-corrected chi connectivity index (χ3v) is 2.80. The Hall–Kier alpha value is -2.82. The highest BCUT2D eigenvalue weighted by molar-refractivity contribution is 5.56. The lowest BCUT2D eigenvalue weighted by Gasteiger charge is -2.01. The summed E-state index contributed by atoms with van der Waals surface area (Å²) in [6.07, 6.45) is 1.57. The maximum absolute atomic E-state index is 11.1. The summed E-state index contributed by atoms with van der Waals surface area (Å²) >= 11 is 0. The zero-order valence-electron chi connectivity index (χ0n) is 10.6. The van der Waals surface area contributed by atoms with E-state index in [2.05, 4.69) is 0 Å². The van der Waals surface area contributed by atoms with Gasteiger partial charge in [-0.05, 0) is 23.3 Å². The molecule has 102 valence electrons. The Kier molecular flexibility index (Phi) is 4.00. The molecule has 0 bridgehead atoms. The Morgan fingerprint density at radius 1 is 1.10 bits per heavy atom. The second kappa shape index (κ2) is 5.88. The molecule has 2 aromatic carbocycles. The molecule has 0 fully saturated rings. The van der Waals surface area contributed by atoms with Gasteiger partial charge in [0.15, 0.2) is 11.5 Å². The van der Waals surface area contributed by atoms with E-state index in [1.807, 2.05) is 30.3 Å². The molecule has 0 saturated heterocycles. The van der Waals surface area contributed by atoms with Crippen molar-refractivity contribution in [3.8, 4) is 11.5 Å². The average molecular weight is 271 g/mol. The minimum Gasteiger partial charge on any atom is -0.504 e. The first-order valence-corrected chi connectivity index (χ1v) is 5.97. The van der Waals surface area contributed by atoms with Crippen LogP contribution >= 0.6 is 0 Å². The van der Waals surface area contributed by atoms with Crippen LogP contribution < -0.4 is 0 Å². The minimum atomic E-state index is -0.448. The SMILES string of the molecule is O=[N+]([O-])C(=Cc1ccc(O)c(O)c1)Cc1ccccc1. The Bertz CT molecular complexity index is 650. The Morgan fingerprint density at radius 2 is 1.80 bits per heavy atom. The largest absolute Gasteiger partial charge is 0.504 e. The lowest BCUT2D eigenvalue weighted by atomic mass is 10.1. The van der Waals surface area contributed by atoms with Gasteiger partial charge in [-0.1, -0.05) is 36.4 Å². The van der Waals surface area contributed by atoms with E-state index in [1.54, 1.807) is 0 Å². The van der Waals surface area contributed by atoms with Crippen molar-refractivity contribution in [2.45, 2.75) is 6.42 Å². The molecule has 0 aromatic heterocycles. The predicted octanol–water partition coefficient (Wildman–Crippen LogP) is 2.96. The molecule has 0 heterocycles. The molecule has 0 atom stereocenters. The highest BCUT2D eigenvalue weighted by Crippen LogP contribution is 2.26. The molecule has 0 aliphatic heterocycles. The van der Waals surface area contributed by atoms with E-state index < -0.39 is 4.92 Å². The maximum Gasteiger partial charge on any atom is 0.251 e. The van der Waals surface area contributed by atoms with Crippen LogP contribution in [0.25, 0.3) is 6.08 Å². The zero-order valence-corrected chi connectivity index (χ0v) is 10.6. The summed E-state index contributed by atoms with van der Waals surface area (Å²) in [6.45, 7) is 0. The van der Waals surface area contributed by atoms with Gasteiger partial charge < -0.3 is 10.2 Å². The van der Waals surface area contributed by atoms with Crippen LogP contribution in [0.3, 0.4) is 0 Å². The van der Waals surface area contributed by atoms with E-state index in [-0.39, 0.29) is 23.6 Å². The monoisotopic (exact) mass is 271 g/mol. The fourth-order valence-electron chi connectivity index (χ4n) is 1.80. The van der Waals surface area contributed by atoms with Crippen LogP contribution in [-0.4, -0.2) is 15.1 Å². The first-order chi connectivity index (χ1) is 9.56. The summed E-state index contributed by atoms with van der Waals surface area (Å²) in [5.74, 6) is -0.561. The van der Waals surface area contributed by atoms with Crippen LogP contribution in [0, 0.1) is 10.1 Å². The maximum atomic E-state index is 11.1. The van der Waals surface area contributed by atoms with Crippen molar-refractivity contribution in [2.75, 3.05) is 0 Å². The summed E-state index contributed by atoms with van der Waals surface area (Å²) in [5.41, 5.74) is 1.31. The van der Waals surface area contributed by atoms with Gasteiger partial charge in [0.05, 0.1) is 11.3 Å². The van der Waals surface area contributed by atoms with E-state index in [0.717, 1.165) is 5.56 Å². The number of hydrogen-bond donors (Lipinski definition) is 2. The second-order valence-electron chi connectivity index (χ2n) is 4.30. The molecule has 5 nitrogen and oxygen atoms in total. The van der Waals surface area contributed by atoms with E-state index in [1.165, 1.54) is 24.3 Å². The molecule has 0 aliphatic rings. The van der Waals surface area contributed by atoms with Gasteiger partial charge in [0, 0.05) is 6.08 Å². The molecular weight excluding hydrogens is 258 g/mol. The van der Waals surface area contributed by atoms with Crippen LogP contribution in [-0.2, 0) is 6.42 Å². The van der Waals surface area contributed by atoms with E-state index in [9.17, 15) is 20.3 Å². The molecular formula is C15H13NO4. The number of nitrogens with zero attached hydrogens (tertiary/aromatic N) is 1. The summed E-state index contributed by atoms with van der Waals surface area (Å²) in [4.78, 5) is 10.6. The molecule has 0 unspecified atom stereocenters. The summed E-state index contributed by atoms with van der Waals surface area (Å²) in [7, 11) is 0. The number of rotatable bonds is 4. The molecule has 0 spiro atoms. The van der Waals surface area contributed by atoms with Crippen LogP contribution in [0.1, 0.15) is 11.1 Å². The van der Waals surface area contributed by atoms with Crippen molar-refractivity contribution in [3.05, 3.63) is 75.5 Å². The quantitative estimate of drug-likeness (QED) is 0.508. The van der Waals surface area contributed by atoms with Crippen molar-refractivity contribution < 1.29 is 15.1 Å². The zero-order chi connectivity index (χ0) is 14.5. The smallest absolute Gasteiger partial charge is 0.251 e. The Balaban J connectivity index is 2.30. The Labute approximate surface area is 115 Å². The van der Waals surface area contributed by atoms with E-state index in [0.29, 0.717) is 5.56 Å². The molecule has 20 heavy (non-hydrogen) atoms. The molecule has 2 N–H and O–H groups in total.